The summed E-state index contributed by atoms with van der Waals surface area (Å²) in [4.78, 5) is 14.5. The van der Waals surface area contributed by atoms with E-state index in [4.69, 9.17) is 0 Å². The topological polar surface area (TPSA) is 38.1 Å². The first-order chi connectivity index (χ1) is 9.65. The van der Waals surface area contributed by atoms with E-state index in [-0.39, 0.29) is 11.9 Å². The van der Waals surface area contributed by atoms with Crippen molar-refractivity contribution >= 4 is 5.91 Å². The molecule has 20 heavy (non-hydrogen) atoms. The van der Waals surface area contributed by atoms with E-state index in [0.717, 1.165) is 19.4 Å². The van der Waals surface area contributed by atoms with Crippen molar-refractivity contribution in [3.05, 3.63) is 53.3 Å². The van der Waals surface area contributed by atoms with Crippen LogP contribution >= 0.6 is 0 Å². The molecule has 104 valence electrons. The fourth-order valence-corrected chi connectivity index (χ4v) is 2.82. The Morgan fingerprint density at radius 1 is 1.25 bits per heavy atom. The molecule has 3 rings (SSSR count). The summed E-state index contributed by atoms with van der Waals surface area (Å²) in [6, 6.07) is 10.4. The number of amides is 1. The summed E-state index contributed by atoms with van der Waals surface area (Å²) in [5.74, 6) is 0.0358. The Balaban J connectivity index is 1.85. The van der Waals surface area contributed by atoms with Gasteiger partial charge in [-0.25, -0.2) is 0 Å². The lowest BCUT2D eigenvalue weighted by atomic mass is 10.0. The second kappa shape index (κ2) is 5.12. The van der Waals surface area contributed by atoms with Crippen LogP contribution in [0.2, 0.25) is 0 Å². The fraction of sp³-hybridized carbons (Fsp3) is 0.375. The second-order valence-electron chi connectivity index (χ2n) is 5.44. The largest absolute Gasteiger partial charge is 0.330 e. The molecular weight excluding hydrogens is 250 g/mol. The number of rotatable bonds is 2. The predicted molar refractivity (Wildman–Crippen MR) is 77.4 cm³/mol. The third kappa shape index (κ3) is 2.33. The van der Waals surface area contributed by atoms with Gasteiger partial charge in [-0.2, -0.15) is 5.10 Å². The monoisotopic (exact) mass is 269 g/mol. The molecule has 0 radical (unpaired) electrons. The van der Waals surface area contributed by atoms with Crippen molar-refractivity contribution in [1.82, 2.24) is 14.7 Å². The number of hydrogen-bond donors (Lipinski definition) is 0. The molecule has 1 aromatic heterocycles. The lowest BCUT2D eigenvalue weighted by Crippen LogP contribution is -2.31. The molecule has 4 nitrogen and oxygen atoms in total. The SMILES string of the molecule is Cc1ccc(C2CCCN2C(=O)c2ccn(C)n2)cc1. The normalized spacial score (nSPS) is 18.5. The molecule has 0 saturated carbocycles. The van der Waals surface area contributed by atoms with Crippen molar-refractivity contribution < 1.29 is 4.79 Å². The number of aromatic nitrogens is 2. The summed E-state index contributed by atoms with van der Waals surface area (Å²) >= 11 is 0. The highest BCUT2D eigenvalue weighted by Gasteiger charge is 2.31. The van der Waals surface area contributed by atoms with Crippen LogP contribution in [0.4, 0.5) is 0 Å². The molecule has 2 aromatic rings. The maximum absolute atomic E-state index is 12.6. The Labute approximate surface area is 119 Å². The maximum Gasteiger partial charge on any atom is 0.274 e. The minimum Gasteiger partial charge on any atom is -0.330 e. The molecule has 1 fully saturated rings. The maximum atomic E-state index is 12.6. The Kier molecular flexibility index (Phi) is 3.30. The molecule has 1 aliphatic heterocycles. The summed E-state index contributed by atoms with van der Waals surface area (Å²) in [6.45, 7) is 2.89. The van der Waals surface area contributed by atoms with Gasteiger partial charge < -0.3 is 4.90 Å². The Morgan fingerprint density at radius 3 is 2.65 bits per heavy atom. The van der Waals surface area contributed by atoms with Crippen molar-refractivity contribution in [2.45, 2.75) is 25.8 Å². The lowest BCUT2D eigenvalue weighted by molar-refractivity contribution is 0.0729. The van der Waals surface area contributed by atoms with Gasteiger partial charge in [0.1, 0.15) is 5.69 Å². The van der Waals surface area contributed by atoms with Crippen LogP contribution in [0.5, 0.6) is 0 Å². The van der Waals surface area contributed by atoms with Gasteiger partial charge in [0.2, 0.25) is 0 Å². The molecule has 0 spiro atoms. The molecule has 1 aromatic carbocycles. The minimum atomic E-state index is 0.0358. The Bertz CT molecular complexity index is 615. The van der Waals surface area contributed by atoms with E-state index in [9.17, 15) is 4.79 Å². The zero-order chi connectivity index (χ0) is 14.1. The number of hydrogen-bond acceptors (Lipinski definition) is 2. The lowest BCUT2D eigenvalue weighted by Gasteiger charge is -2.24. The van der Waals surface area contributed by atoms with Gasteiger partial charge in [0.25, 0.3) is 5.91 Å². The molecular formula is C16H19N3O. The molecule has 1 atom stereocenters. The standard InChI is InChI=1S/C16H19N3O/c1-12-5-7-13(8-6-12)15-4-3-10-19(15)16(20)14-9-11-18(2)17-14/h5-9,11,15H,3-4,10H2,1-2H3. The highest BCUT2D eigenvalue weighted by molar-refractivity contribution is 5.92. The molecule has 1 unspecified atom stereocenters. The third-order valence-electron chi connectivity index (χ3n) is 3.91. The third-order valence-corrected chi connectivity index (χ3v) is 3.91. The molecule has 4 heteroatoms. The van der Waals surface area contributed by atoms with E-state index in [2.05, 4.69) is 36.3 Å². The Hall–Kier alpha value is -2.10. The zero-order valence-electron chi connectivity index (χ0n) is 11.9. The van der Waals surface area contributed by atoms with Crippen LogP contribution in [-0.2, 0) is 7.05 Å². The van der Waals surface area contributed by atoms with E-state index >= 15 is 0 Å². The van der Waals surface area contributed by atoms with Gasteiger partial charge in [-0.1, -0.05) is 29.8 Å². The first kappa shape index (κ1) is 12.9. The number of benzene rings is 1. The number of carbonyl (C=O) groups is 1. The van der Waals surface area contributed by atoms with Gasteiger partial charge in [-0.15, -0.1) is 0 Å². The summed E-state index contributed by atoms with van der Waals surface area (Å²) in [7, 11) is 1.83. The summed E-state index contributed by atoms with van der Waals surface area (Å²) < 4.78 is 1.67. The molecule has 1 saturated heterocycles. The van der Waals surface area contributed by atoms with E-state index < -0.39 is 0 Å². The average molecular weight is 269 g/mol. The predicted octanol–water partition coefficient (Wildman–Crippen LogP) is 2.71. The van der Waals surface area contributed by atoms with Crippen molar-refractivity contribution in [2.75, 3.05) is 6.54 Å². The number of aryl methyl sites for hydroxylation is 2. The van der Waals surface area contributed by atoms with E-state index in [1.165, 1.54) is 11.1 Å². The van der Waals surface area contributed by atoms with Crippen molar-refractivity contribution in [3.63, 3.8) is 0 Å². The first-order valence-electron chi connectivity index (χ1n) is 7.02. The molecule has 0 aliphatic carbocycles. The van der Waals surface area contributed by atoms with Gasteiger partial charge in [0.05, 0.1) is 6.04 Å². The summed E-state index contributed by atoms with van der Waals surface area (Å²) in [5, 5.41) is 4.22. The minimum absolute atomic E-state index is 0.0358. The summed E-state index contributed by atoms with van der Waals surface area (Å²) in [6.07, 6.45) is 3.89. The van der Waals surface area contributed by atoms with Gasteiger partial charge in [-0.05, 0) is 31.4 Å². The molecule has 0 N–H and O–H groups in total. The quantitative estimate of drug-likeness (QED) is 0.840. The summed E-state index contributed by atoms with van der Waals surface area (Å²) in [5.41, 5.74) is 3.00. The molecule has 1 aliphatic rings. The van der Waals surface area contributed by atoms with E-state index in [0.29, 0.717) is 5.69 Å². The van der Waals surface area contributed by atoms with Crippen LogP contribution in [0.25, 0.3) is 0 Å². The average Bonchev–Trinajstić information content (AvgIpc) is 3.07. The highest BCUT2D eigenvalue weighted by atomic mass is 16.2. The van der Waals surface area contributed by atoms with Crippen LogP contribution < -0.4 is 0 Å². The number of nitrogens with zero attached hydrogens (tertiary/aromatic N) is 3. The van der Waals surface area contributed by atoms with Gasteiger partial charge >= 0.3 is 0 Å². The first-order valence-corrected chi connectivity index (χ1v) is 7.02. The van der Waals surface area contributed by atoms with Crippen LogP contribution in [0.1, 0.15) is 40.5 Å². The van der Waals surface area contributed by atoms with Crippen LogP contribution in [0.15, 0.2) is 36.5 Å². The second-order valence-corrected chi connectivity index (χ2v) is 5.44. The van der Waals surface area contributed by atoms with Crippen molar-refractivity contribution in [3.8, 4) is 0 Å². The molecule has 2 heterocycles. The van der Waals surface area contributed by atoms with Gasteiger partial charge in [0, 0.05) is 19.8 Å². The van der Waals surface area contributed by atoms with Crippen LogP contribution in [-0.4, -0.2) is 27.1 Å². The highest BCUT2D eigenvalue weighted by Crippen LogP contribution is 2.32. The van der Waals surface area contributed by atoms with Gasteiger partial charge in [-0.3, -0.25) is 9.48 Å². The number of carbonyl (C=O) groups excluding carboxylic acids is 1. The van der Waals surface area contributed by atoms with Crippen molar-refractivity contribution in [2.24, 2.45) is 7.05 Å². The van der Waals surface area contributed by atoms with Crippen LogP contribution in [0, 0.1) is 6.92 Å². The Morgan fingerprint density at radius 2 is 2.00 bits per heavy atom. The van der Waals surface area contributed by atoms with E-state index in [1.54, 1.807) is 10.7 Å². The number of likely N-dealkylation sites (tertiary alicyclic amines) is 1. The van der Waals surface area contributed by atoms with Crippen LogP contribution in [0.3, 0.4) is 0 Å². The zero-order valence-corrected chi connectivity index (χ0v) is 11.9. The van der Waals surface area contributed by atoms with E-state index in [1.807, 2.05) is 18.1 Å². The smallest absolute Gasteiger partial charge is 0.274 e. The van der Waals surface area contributed by atoms with Crippen molar-refractivity contribution in [1.29, 1.82) is 0 Å². The van der Waals surface area contributed by atoms with Gasteiger partial charge in [0.15, 0.2) is 0 Å². The molecule has 0 bridgehead atoms. The molecule has 1 amide bonds. The fourth-order valence-electron chi connectivity index (χ4n) is 2.82.